The number of hydrogen-bond donors (Lipinski definition) is 3. The minimum absolute atomic E-state index is 0.0206. The third-order valence-electron chi connectivity index (χ3n) is 8.45. The van der Waals surface area contributed by atoms with Crippen LogP contribution < -0.4 is 0 Å². The van der Waals surface area contributed by atoms with E-state index in [4.69, 9.17) is 4.74 Å². The molecule has 0 aromatic heterocycles. The first kappa shape index (κ1) is 29.6. The van der Waals surface area contributed by atoms with E-state index in [0.717, 1.165) is 25.7 Å². The highest BCUT2D eigenvalue weighted by Crippen LogP contribution is 2.38. The highest BCUT2D eigenvalue weighted by Gasteiger charge is 2.40. The monoisotopic (exact) mass is 493 g/mol. The van der Waals surface area contributed by atoms with Crippen molar-refractivity contribution in [2.75, 3.05) is 0 Å². The zero-order valence-electron chi connectivity index (χ0n) is 22.1. The van der Waals surface area contributed by atoms with Gasteiger partial charge in [0, 0.05) is 5.92 Å². The Hall–Kier alpha value is -1.65. The SMILES string of the molecule is C[C@@H]1C[C@H](C)C[C@H](C)[C@@H](O)CC(=O)O[C@H]([C@@H]2CCC[C@H]2C(=O)O)CCCCC(C#N)[C@H](O)[C@@H](C)C1. The smallest absolute Gasteiger partial charge is 0.308 e. The Morgan fingerprint density at radius 2 is 1.54 bits per heavy atom. The molecule has 200 valence electrons. The van der Waals surface area contributed by atoms with Crippen LogP contribution in [-0.2, 0) is 14.3 Å². The first-order valence-corrected chi connectivity index (χ1v) is 13.7. The Bertz CT molecular complexity index is 721. The maximum absolute atomic E-state index is 12.8. The molecule has 1 saturated heterocycles. The molecule has 0 spiro atoms. The van der Waals surface area contributed by atoms with Gasteiger partial charge in [0.15, 0.2) is 0 Å². The van der Waals surface area contributed by atoms with Crippen molar-refractivity contribution in [3.63, 3.8) is 0 Å². The van der Waals surface area contributed by atoms with Crippen LogP contribution in [0, 0.1) is 52.8 Å². The first-order chi connectivity index (χ1) is 16.5. The third-order valence-corrected chi connectivity index (χ3v) is 8.45. The number of carboxylic acids is 1. The van der Waals surface area contributed by atoms with Gasteiger partial charge in [-0.2, -0.15) is 5.26 Å². The quantitative estimate of drug-likeness (QED) is 0.465. The number of esters is 1. The average molecular weight is 494 g/mol. The number of rotatable bonds is 2. The van der Waals surface area contributed by atoms with Crippen LogP contribution in [0.25, 0.3) is 0 Å². The molecule has 35 heavy (non-hydrogen) atoms. The van der Waals surface area contributed by atoms with Gasteiger partial charge < -0.3 is 20.1 Å². The Kier molecular flexibility index (Phi) is 12.0. The standard InChI is InChI=1S/C28H47NO6/c1-17-12-18(2)14-20(4)27(32)21(16-29)8-5-6-11-25(22-9-7-10-23(22)28(33)34)35-26(31)15-24(30)19(3)13-17/h17-25,27,30,32H,5-15H2,1-4H3,(H,33,34)/t17-,18+,19-,20-,21?,22+,23+,24-,25-,27+/m0/s1. The van der Waals surface area contributed by atoms with Crippen molar-refractivity contribution in [3.8, 4) is 6.07 Å². The molecule has 0 aromatic rings. The van der Waals surface area contributed by atoms with Crippen LogP contribution in [-0.4, -0.2) is 45.6 Å². The van der Waals surface area contributed by atoms with E-state index in [1.165, 1.54) is 0 Å². The lowest BCUT2D eigenvalue weighted by Gasteiger charge is -2.30. The summed E-state index contributed by atoms with van der Waals surface area (Å²) in [5, 5.41) is 40.9. The van der Waals surface area contributed by atoms with E-state index in [0.29, 0.717) is 50.4 Å². The van der Waals surface area contributed by atoms with Gasteiger partial charge in [0.25, 0.3) is 0 Å². The van der Waals surface area contributed by atoms with E-state index < -0.39 is 42.1 Å². The number of ether oxygens (including phenoxy) is 1. The molecule has 3 N–H and O–H groups in total. The van der Waals surface area contributed by atoms with Gasteiger partial charge in [-0.25, -0.2) is 0 Å². The number of carbonyl (C=O) groups excluding carboxylic acids is 1. The zero-order valence-corrected chi connectivity index (χ0v) is 22.1. The lowest BCUT2D eigenvalue weighted by molar-refractivity contribution is -0.160. The maximum atomic E-state index is 12.8. The Balaban J connectivity index is 2.18. The van der Waals surface area contributed by atoms with E-state index in [2.05, 4.69) is 19.9 Å². The third kappa shape index (κ3) is 9.06. The van der Waals surface area contributed by atoms with Crippen molar-refractivity contribution >= 4 is 11.9 Å². The Morgan fingerprint density at radius 1 is 0.914 bits per heavy atom. The van der Waals surface area contributed by atoms with Crippen LogP contribution in [0.4, 0.5) is 0 Å². The van der Waals surface area contributed by atoms with Gasteiger partial charge in [0.05, 0.1) is 36.5 Å². The molecule has 0 radical (unpaired) electrons. The lowest BCUT2D eigenvalue weighted by atomic mass is 9.80. The number of aliphatic carboxylic acids is 1. The fraction of sp³-hybridized carbons (Fsp3) is 0.893. The molecule has 0 bridgehead atoms. The molecule has 1 aliphatic carbocycles. The highest BCUT2D eigenvalue weighted by molar-refractivity contribution is 5.72. The first-order valence-electron chi connectivity index (χ1n) is 13.7. The molecule has 2 aliphatic rings. The summed E-state index contributed by atoms with van der Waals surface area (Å²) in [7, 11) is 0. The summed E-state index contributed by atoms with van der Waals surface area (Å²) in [5.74, 6) is -1.81. The molecule has 10 atom stereocenters. The minimum Gasteiger partial charge on any atom is -0.481 e. The molecule has 1 heterocycles. The minimum atomic E-state index is -0.846. The predicted molar refractivity (Wildman–Crippen MR) is 133 cm³/mol. The second kappa shape index (κ2) is 14.2. The van der Waals surface area contributed by atoms with Gasteiger partial charge in [-0.05, 0) is 75.0 Å². The van der Waals surface area contributed by atoms with Crippen molar-refractivity contribution in [2.24, 2.45) is 41.4 Å². The molecule has 1 saturated carbocycles. The predicted octanol–water partition coefficient (Wildman–Crippen LogP) is 4.94. The van der Waals surface area contributed by atoms with Crippen molar-refractivity contribution in [3.05, 3.63) is 0 Å². The van der Waals surface area contributed by atoms with Crippen LogP contribution in [0.3, 0.4) is 0 Å². The van der Waals surface area contributed by atoms with Crippen molar-refractivity contribution in [1.82, 2.24) is 0 Å². The van der Waals surface area contributed by atoms with Gasteiger partial charge in [-0.15, -0.1) is 0 Å². The fourth-order valence-corrected chi connectivity index (χ4v) is 6.55. The van der Waals surface area contributed by atoms with Gasteiger partial charge in [-0.1, -0.05) is 40.5 Å². The zero-order chi connectivity index (χ0) is 26.1. The molecular weight excluding hydrogens is 446 g/mol. The van der Waals surface area contributed by atoms with E-state index in [1.54, 1.807) is 0 Å². The Morgan fingerprint density at radius 3 is 2.17 bits per heavy atom. The summed E-state index contributed by atoms with van der Waals surface area (Å²) in [4.78, 5) is 24.6. The molecular formula is C28H47NO6. The molecule has 1 unspecified atom stereocenters. The Labute approximate surface area is 211 Å². The normalized spacial score (nSPS) is 41.2. The maximum Gasteiger partial charge on any atom is 0.308 e. The van der Waals surface area contributed by atoms with Crippen LogP contribution in [0.15, 0.2) is 0 Å². The van der Waals surface area contributed by atoms with Gasteiger partial charge in [-0.3, -0.25) is 9.59 Å². The molecule has 2 rings (SSSR count). The van der Waals surface area contributed by atoms with Crippen LogP contribution in [0.2, 0.25) is 0 Å². The molecule has 1 aliphatic heterocycles. The van der Waals surface area contributed by atoms with Crippen molar-refractivity contribution < 1.29 is 29.6 Å². The number of aliphatic hydroxyl groups is 2. The molecule has 7 nitrogen and oxygen atoms in total. The second-order valence-corrected chi connectivity index (χ2v) is 11.7. The van der Waals surface area contributed by atoms with Crippen LogP contribution in [0.1, 0.15) is 98.3 Å². The summed E-state index contributed by atoms with van der Waals surface area (Å²) >= 11 is 0. The molecule has 0 amide bonds. The van der Waals surface area contributed by atoms with Crippen molar-refractivity contribution in [2.45, 2.75) is 117 Å². The van der Waals surface area contributed by atoms with E-state index in [-0.39, 0.29) is 24.2 Å². The summed E-state index contributed by atoms with van der Waals surface area (Å²) in [6.45, 7) is 8.29. The molecule has 0 aromatic carbocycles. The number of aliphatic hydroxyl groups excluding tert-OH is 2. The summed E-state index contributed by atoms with van der Waals surface area (Å²) < 4.78 is 5.84. The van der Waals surface area contributed by atoms with Gasteiger partial charge >= 0.3 is 11.9 Å². The summed E-state index contributed by atoms with van der Waals surface area (Å²) in [5.41, 5.74) is 0. The number of carboxylic acid groups (broad SMARTS) is 1. The largest absolute Gasteiger partial charge is 0.481 e. The van der Waals surface area contributed by atoms with E-state index in [1.807, 2.05) is 13.8 Å². The second-order valence-electron chi connectivity index (χ2n) is 11.7. The van der Waals surface area contributed by atoms with Crippen LogP contribution >= 0.6 is 0 Å². The average Bonchev–Trinajstić information content (AvgIpc) is 3.27. The molecule has 7 heteroatoms. The van der Waals surface area contributed by atoms with E-state index in [9.17, 15) is 30.2 Å². The fourth-order valence-electron chi connectivity index (χ4n) is 6.55. The summed E-state index contributed by atoms with van der Waals surface area (Å²) in [6.07, 6.45) is 5.10. The number of nitrogens with zero attached hydrogens (tertiary/aromatic N) is 1. The van der Waals surface area contributed by atoms with Crippen molar-refractivity contribution in [1.29, 1.82) is 5.26 Å². The molecule has 2 fully saturated rings. The van der Waals surface area contributed by atoms with Gasteiger partial charge in [0.1, 0.15) is 6.10 Å². The van der Waals surface area contributed by atoms with E-state index >= 15 is 0 Å². The van der Waals surface area contributed by atoms with Gasteiger partial charge in [0.2, 0.25) is 0 Å². The topological polar surface area (TPSA) is 128 Å². The summed E-state index contributed by atoms with van der Waals surface area (Å²) in [6, 6.07) is 2.29. The number of carbonyl (C=O) groups is 2. The van der Waals surface area contributed by atoms with Crippen LogP contribution in [0.5, 0.6) is 0 Å². The number of hydrogen-bond acceptors (Lipinski definition) is 6. The highest BCUT2D eigenvalue weighted by atomic mass is 16.5. The number of nitriles is 1. The lowest BCUT2D eigenvalue weighted by Crippen LogP contribution is -2.34. The number of cyclic esters (lactones) is 1.